The highest BCUT2D eigenvalue weighted by molar-refractivity contribution is 6.10. The van der Waals surface area contributed by atoms with E-state index in [9.17, 15) is 9.59 Å². The molecule has 0 radical (unpaired) electrons. The van der Waals surface area contributed by atoms with Gasteiger partial charge in [-0.1, -0.05) is 6.07 Å². The van der Waals surface area contributed by atoms with Crippen molar-refractivity contribution in [1.82, 2.24) is 0 Å². The second-order valence-electron chi connectivity index (χ2n) is 4.62. The van der Waals surface area contributed by atoms with Crippen molar-refractivity contribution in [3.8, 4) is 0 Å². The molecule has 90 valence electrons. The first-order valence-electron chi connectivity index (χ1n) is 5.27. The van der Waals surface area contributed by atoms with Crippen LogP contribution in [0, 0.1) is 0 Å². The lowest BCUT2D eigenvalue weighted by Crippen LogP contribution is -2.52. The van der Waals surface area contributed by atoms with Gasteiger partial charge in [0, 0.05) is 7.05 Å². The summed E-state index contributed by atoms with van der Waals surface area (Å²) in [5, 5.41) is 12.1. The summed E-state index contributed by atoms with van der Waals surface area (Å²) < 4.78 is 0. The zero-order valence-electron chi connectivity index (χ0n) is 9.94. The smallest absolute Gasteiger partial charge is 0.337 e. The van der Waals surface area contributed by atoms with Crippen LogP contribution >= 0.6 is 0 Å². The molecule has 2 rings (SSSR count). The number of fused-ring (bicyclic) bond motifs is 1. The number of anilines is 2. The third-order valence-corrected chi connectivity index (χ3v) is 2.91. The lowest BCUT2D eigenvalue weighted by Gasteiger charge is -2.38. The highest BCUT2D eigenvalue weighted by Crippen LogP contribution is 2.36. The van der Waals surface area contributed by atoms with E-state index in [-0.39, 0.29) is 11.5 Å². The van der Waals surface area contributed by atoms with E-state index < -0.39 is 11.5 Å². The van der Waals surface area contributed by atoms with Gasteiger partial charge in [-0.3, -0.25) is 4.79 Å². The lowest BCUT2D eigenvalue weighted by atomic mass is 9.96. The van der Waals surface area contributed by atoms with E-state index in [1.165, 1.54) is 11.0 Å². The Morgan fingerprint density at radius 2 is 2.06 bits per heavy atom. The highest BCUT2D eigenvalue weighted by atomic mass is 16.4. The Morgan fingerprint density at radius 3 is 2.65 bits per heavy atom. The maximum Gasteiger partial charge on any atom is 0.337 e. The van der Waals surface area contributed by atoms with E-state index >= 15 is 0 Å². The topological polar surface area (TPSA) is 69.6 Å². The first kappa shape index (κ1) is 11.4. The fourth-order valence-electron chi connectivity index (χ4n) is 2.02. The average Bonchev–Trinajstić information content (AvgIpc) is 2.25. The number of hydrogen-bond donors (Lipinski definition) is 2. The molecular formula is C12H14N2O3. The summed E-state index contributed by atoms with van der Waals surface area (Å²) >= 11 is 0. The van der Waals surface area contributed by atoms with Crippen molar-refractivity contribution in [2.24, 2.45) is 0 Å². The van der Waals surface area contributed by atoms with E-state index in [4.69, 9.17) is 5.11 Å². The van der Waals surface area contributed by atoms with Gasteiger partial charge in [0.1, 0.15) is 5.54 Å². The van der Waals surface area contributed by atoms with Gasteiger partial charge in [0.2, 0.25) is 0 Å². The molecule has 1 aliphatic rings. The monoisotopic (exact) mass is 234 g/mol. The first-order valence-corrected chi connectivity index (χ1v) is 5.27. The van der Waals surface area contributed by atoms with E-state index in [1.807, 2.05) is 0 Å². The van der Waals surface area contributed by atoms with Gasteiger partial charge in [-0.05, 0) is 26.0 Å². The van der Waals surface area contributed by atoms with Crippen molar-refractivity contribution < 1.29 is 14.7 Å². The average molecular weight is 234 g/mol. The standard InChI is InChI=1S/C12H14N2O3/c1-12(2)11(17)14(3)8-6-4-5-7(10(15)16)9(8)13-12/h4-6,13H,1-3H3,(H,15,16). The summed E-state index contributed by atoms with van der Waals surface area (Å²) in [6, 6.07) is 4.88. The van der Waals surface area contributed by atoms with Gasteiger partial charge in [-0.2, -0.15) is 0 Å². The maximum atomic E-state index is 12.0. The molecule has 0 saturated heterocycles. The molecule has 1 aromatic rings. The van der Waals surface area contributed by atoms with Gasteiger partial charge in [0.25, 0.3) is 5.91 Å². The maximum absolute atomic E-state index is 12.0. The number of hydrogen-bond acceptors (Lipinski definition) is 3. The van der Waals surface area contributed by atoms with Crippen LogP contribution < -0.4 is 10.2 Å². The van der Waals surface area contributed by atoms with Crippen LogP contribution in [-0.4, -0.2) is 29.6 Å². The molecule has 17 heavy (non-hydrogen) atoms. The van der Waals surface area contributed by atoms with E-state index in [0.717, 1.165) is 0 Å². The lowest BCUT2D eigenvalue weighted by molar-refractivity contribution is -0.121. The van der Waals surface area contributed by atoms with E-state index in [2.05, 4.69) is 5.32 Å². The van der Waals surface area contributed by atoms with Gasteiger partial charge >= 0.3 is 5.97 Å². The minimum atomic E-state index is -1.01. The molecule has 0 atom stereocenters. The first-order chi connectivity index (χ1) is 7.84. The number of nitrogens with zero attached hydrogens (tertiary/aromatic N) is 1. The fraction of sp³-hybridized carbons (Fsp3) is 0.333. The van der Waals surface area contributed by atoms with Gasteiger partial charge < -0.3 is 15.3 Å². The van der Waals surface area contributed by atoms with Crippen LogP contribution in [0.4, 0.5) is 11.4 Å². The summed E-state index contributed by atoms with van der Waals surface area (Å²) in [6.45, 7) is 3.46. The molecule has 5 nitrogen and oxygen atoms in total. The van der Waals surface area contributed by atoms with Gasteiger partial charge in [-0.25, -0.2) is 4.79 Å². The second kappa shape index (κ2) is 3.48. The predicted molar refractivity (Wildman–Crippen MR) is 64.5 cm³/mol. The number of nitrogens with one attached hydrogen (secondary N) is 1. The van der Waals surface area contributed by atoms with E-state index in [1.54, 1.807) is 33.0 Å². The number of carbonyl (C=O) groups excluding carboxylic acids is 1. The molecular weight excluding hydrogens is 220 g/mol. The summed E-state index contributed by atoms with van der Waals surface area (Å²) in [5.74, 6) is -1.10. The number of aromatic carboxylic acids is 1. The zero-order chi connectivity index (χ0) is 12.8. The molecule has 5 heteroatoms. The van der Waals surface area contributed by atoms with Crippen molar-refractivity contribution in [2.75, 3.05) is 17.3 Å². The Kier molecular flexibility index (Phi) is 2.34. The number of likely N-dealkylation sites (N-methyl/N-ethyl adjacent to an activating group) is 1. The Hall–Kier alpha value is -2.04. The number of para-hydroxylation sites is 1. The quantitative estimate of drug-likeness (QED) is 0.773. The van der Waals surface area contributed by atoms with Crippen molar-refractivity contribution in [3.63, 3.8) is 0 Å². The van der Waals surface area contributed by atoms with Crippen LogP contribution in [0.15, 0.2) is 18.2 Å². The van der Waals surface area contributed by atoms with Crippen LogP contribution in [0.2, 0.25) is 0 Å². The largest absolute Gasteiger partial charge is 0.478 e. The molecule has 1 amide bonds. The molecule has 2 N–H and O–H groups in total. The molecule has 1 aromatic carbocycles. The normalized spacial score (nSPS) is 17.4. The molecule has 1 aliphatic heterocycles. The Balaban J connectivity index is 2.65. The number of carbonyl (C=O) groups is 2. The second-order valence-corrected chi connectivity index (χ2v) is 4.62. The summed E-state index contributed by atoms with van der Waals surface area (Å²) in [6.07, 6.45) is 0. The minimum Gasteiger partial charge on any atom is -0.478 e. The molecule has 0 aromatic heterocycles. The number of benzene rings is 1. The van der Waals surface area contributed by atoms with Gasteiger partial charge in [0.05, 0.1) is 16.9 Å². The zero-order valence-corrected chi connectivity index (χ0v) is 9.94. The summed E-state index contributed by atoms with van der Waals surface area (Å²) in [7, 11) is 1.65. The Bertz CT molecular complexity index is 508. The summed E-state index contributed by atoms with van der Waals surface area (Å²) in [5.41, 5.74) is 0.462. The number of carboxylic acid groups (broad SMARTS) is 1. The summed E-state index contributed by atoms with van der Waals surface area (Å²) in [4.78, 5) is 24.6. The molecule has 0 saturated carbocycles. The molecule has 0 spiro atoms. The third kappa shape index (κ3) is 1.63. The van der Waals surface area contributed by atoms with Crippen molar-refractivity contribution >= 4 is 23.3 Å². The SMILES string of the molecule is CN1C(=O)C(C)(C)Nc2c(C(=O)O)cccc21. The third-order valence-electron chi connectivity index (χ3n) is 2.91. The highest BCUT2D eigenvalue weighted by Gasteiger charge is 2.38. The Morgan fingerprint density at radius 1 is 1.41 bits per heavy atom. The minimum absolute atomic E-state index is 0.0902. The van der Waals surface area contributed by atoms with Crippen LogP contribution in [0.25, 0.3) is 0 Å². The Labute approximate surface area is 99.0 Å². The van der Waals surface area contributed by atoms with Gasteiger partial charge in [-0.15, -0.1) is 0 Å². The molecule has 0 bridgehead atoms. The number of amides is 1. The van der Waals surface area contributed by atoms with Crippen LogP contribution in [-0.2, 0) is 4.79 Å². The van der Waals surface area contributed by atoms with Gasteiger partial charge in [0.15, 0.2) is 0 Å². The van der Waals surface area contributed by atoms with Crippen molar-refractivity contribution in [1.29, 1.82) is 0 Å². The molecule has 1 heterocycles. The predicted octanol–water partition coefficient (Wildman–Crippen LogP) is 1.55. The van der Waals surface area contributed by atoms with E-state index in [0.29, 0.717) is 11.4 Å². The fourth-order valence-corrected chi connectivity index (χ4v) is 2.02. The molecule has 0 unspecified atom stereocenters. The van der Waals surface area contributed by atoms with Crippen LogP contribution in [0.1, 0.15) is 24.2 Å². The molecule has 0 aliphatic carbocycles. The molecule has 0 fully saturated rings. The van der Waals surface area contributed by atoms with Crippen molar-refractivity contribution in [3.05, 3.63) is 23.8 Å². The number of rotatable bonds is 1. The van der Waals surface area contributed by atoms with Crippen LogP contribution in [0.3, 0.4) is 0 Å². The van der Waals surface area contributed by atoms with Crippen LogP contribution in [0.5, 0.6) is 0 Å². The number of carboxylic acids is 1. The van der Waals surface area contributed by atoms with Crippen molar-refractivity contribution in [2.45, 2.75) is 19.4 Å².